The van der Waals surface area contributed by atoms with Gasteiger partial charge in [-0.15, -0.1) is 0 Å². The van der Waals surface area contributed by atoms with Gasteiger partial charge in [-0.25, -0.2) is 9.49 Å². The normalized spacial score (nSPS) is 11.1. The van der Waals surface area contributed by atoms with Gasteiger partial charge in [0.25, 0.3) is 0 Å². The quantitative estimate of drug-likeness (QED) is 0.597. The number of aromatic nitrogens is 4. The van der Waals surface area contributed by atoms with Crippen molar-refractivity contribution in [2.45, 2.75) is 0 Å². The maximum atomic E-state index is 13.9. The van der Waals surface area contributed by atoms with E-state index >= 15 is 0 Å². The summed E-state index contributed by atoms with van der Waals surface area (Å²) in [7, 11) is 0. The molecule has 2 heterocycles. The van der Waals surface area contributed by atoms with E-state index in [1.165, 1.54) is 10.7 Å². The van der Waals surface area contributed by atoms with Gasteiger partial charge in [-0.05, 0) is 30.4 Å². The lowest BCUT2D eigenvalue weighted by atomic mass is 10.2. The van der Waals surface area contributed by atoms with Gasteiger partial charge < -0.3 is 0 Å². The standard InChI is InChI=1S/C14H10FN5S/c15-12-6-2-1-5-11(12)13-18-19-14(21)20(13)17-9-10-4-3-7-16-8-10/h1-9H,(H,19,21). The highest BCUT2D eigenvalue weighted by molar-refractivity contribution is 7.71. The zero-order valence-corrected chi connectivity index (χ0v) is 11.6. The molecule has 1 aromatic carbocycles. The van der Waals surface area contributed by atoms with Crippen LogP contribution in [0.3, 0.4) is 0 Å². The fourth-order valence-electron chi connectivity index (χ4n) is 1.79. The van der Waals surface area contributed by atoms with Crippen molar-refractivity contribution in [3.8, 4) is 11.4 Å². The van der Waals surface area contributed by atoms with Gasteiger partial charge in [-0.2, -0.15) is 14.9 Å². The van der Waals surface area contributed by atoms with Crippen LogP contribution in [0.4, 0.5) is 4.39 Å². The van der Waals surface area contributed by atoms with Crippen molar-refractivity contribution >= 4 is 18.4 Å². The molecule has 0 spiro atoms. The van der Waals surface area contributed by atoms with Crippen LogP contribution in [0.5, 0.6) is 0 Å². The smallest absolute Gasteiger partial charge is 0.216 e. The lowest BCUT2D eigenvalue weighted by Gasteiger charge is -2.01. The van der Waals surface area contributed by atoms with Crippen LogP contribution in [-0.4, -0.2) is 26.1 Å². The average molecular weight is 299 g/mol. The molecule has 0 saturated heterocycles. The molecule has 0 aliphatic rings. The van der Waals surface area contributed by atoms with E-state index in [2.05, 4.69) is 20.3 Å². The minimum atomic E-state index is -0.385. The molecule has 0 fully saturated rings. The van der Waals surface area contributed by atoms with Gasteiger partial charge in [-0.3, -0.25) is 4.98 Å². The molecule has 0 aliphatic carbocycles. The predicted molar refractivity (Wildman–Crippen MR) is 80.0 cm³/mol. The first kappa shape index (κ1) is 13.3. The second-order valence-corrected chi connectivity index (χ2v) is 4.56. The molecular formula is C14H10FN5S. The Kier molecular flexibility index (Phi) is 3.65. The minimum absolute atomic E-state index is 0.286. The fourth-order valence-corrected chi connectivity index (χ4v) is 1.97. The van der Waals surface area contributed by atoms with Crippen LogP contribution in [0, 0.1) is 10.6 Å². The lowest BCUT2D eigenvalue weighted by Crippen LogP contribution is -1.96. The van der Waals surface area contributed by atoms with Crippen LogP contribution in [0.25, 0.3) is 11.4 Å². The highest BCUT2D eigenvalue weighted by Gasteiger charge is 2.11. The van der Waals surface area contributed by atoms with E-state index in [0.717, 1.165) is 5.56 Å². The first-order valence-corrected chi connectivity index (χ1v) is 6.53. The summed E-state index contributed by atoms with van der Waals surface area (Å²) < 4.78 is 15.5. The first-order chi connectivity index (χ1) is 10.3. The van der Waals surface area contributed by atoms with Crippen molar-refractivity contribution in [3.05, 3.63) is 64.9 Å². The van der Waals surface area contributed by atoms with E-state index in [0.29, 0.717) is 11.4 Å². The number of aromatic amines is 1. The van der Waals surface area contributed by atoms with Crippen LogP contribution in [0.2, 0.25) is 0 Å². The van der Waals surface area contributed by atoms with Crippen LogP contribution >= 0.6 is 12.2 Å². The summed E-state index contributed by atoms with van der Waals surface area (Å²) in [4.78, 5) is 3.99. The van der Waals surface area contributed by atoms with Gasteiger partial charge in [0.05, 0.1) is 11.8 Å². The van der Waals surface area contributed by atoms with Gasteiger partial charge in [0.1, 0.15) is 5.82 Å². The summed E-state index contributed by atoms with van der Waals surface area (Å²) in [5.41, 5.74) is 1.13. The van der Waals surface area contributed by atoms with Crippen molar-refractivity contribution in [1.82, 2.24) is 19.9 Å². The fraction of sp³-hybridized carbons (Fsp3) is 0. The zero-order chi connectivity index (χ0) is 14.7. The van der Waals surface area contributed by atoms with Crippen molar-refractivity contribution in [3.63, 3.8) is 0 Å². The van der Waals surface area contributed by atoms with Crippen LogP contribution in [-0.2, 0) is 0 Å². The second-order valence-electron chi connectivity index (χ2n) is 4.17. The largest absolute Gasteiger partial charge is 0.264 e. The van der Waals surface area contributed by atoms with Crippen LogP contribution in [0.1, 0.15) is 5.56 Å². The molecule has 0 saturated carbocycles. The molecule has 0 bridgehead atoms. The second kappa shape index (κ2) is 5.76. The number of nitrogens with zero attached hydrogens (tertiary/aromatic N) is 4. The Labute approximate surface area is 124 Å². The van der Waals surface area contributed by atoms with E-state index in [1.54, 1.807) is 42.9 Å². The monoisotopic (exact) mass is 299 g/mol. The van der Waals surface area contributed by atoms with Gasteiger partial charge in [-0.1, -0.05) is 18.2 Å². The molecule has 0 unspecified atom stereocenters. The first-order valence-electron chi connectivity index (χ1n) is 6.12. The number of pyridine rings is 1. The minimum Gasteiger partial charge on any atom is -0.264 e. The highest BCUT2D eigenvalue weighted by atomic mass is 32.1. The molecule has 0 aliphatic heterocycles. The number of halogens is 1. The third kappa shape index (κ3) is 2.77. The van der Waals surface area contributed by atoms with Gasteiger partial charge >= 0.3 is 0 Å². The summed E-state index contributed by atoms with van der Waals surface area (Å²) in [5, 5.41) is 10.9. The van der Waals surface area contributed by atoms with Gasteiger partial charge in [0.2, 0.25) is 4.77 Å². The number of rotatable bonds is 3. The molecular weight excluding hydrogens is 289 g/mol. The Morgan fingerprint density at radius 3 is 2.86 bits per heavy atom. The van der Waals surface area contributed by atoms with Crippen LogP contribution in [0.15, 0.2) is 53.9 Å². The molecule has 7 heteroatoms. The molecule has 3 aromatic rings. The molecule has 2 aromatic heterocycles. The van der Waals surface area contributed by atoms with E-state index < -0.39 is 0 Å². The maximum Gasteiger partial charge on any atom is 0.216 e. The Morgan fingerprint density at radius 1 is 1.24 bits per heavy atom. The molecule has 0 atom stereocenters. The zero-order valence-electron chi connectivity index (χ0n) is 10.8. The molecule has 3 rings (SSSR count). The van der Waals surface area contributed by atoms with E-state index in [-0.39, 0.29) is 10.6 Å². The van der Waals surface area contributed by atoms with Crippen molar-refractivity contribution < 1.29 is 4.39 Å². The van der Waals surface area contributed by atoms with E-state index in [4.69, 9.17) is 12.2 Å². The van der Waals surface area contributed by atoms with Crippen LogP contribution < -0.4 is 0 Å². The topological polar surface area (TPSA) is 58.9 Å². The molecule has 5 nitrogen and oxygen atoms in total. The number of hydrogen-bond acceptors (Lipinski definition) is 4. The third-order valence-corrected chi connectivity index (χ3v) is 3.04. The molecule has 1 N–H and O–H groups in total. The highest BCUT2D eigenvalue weighted by Crippen LogP contribution is 2.20. The Hall–Kier alpha value is -2.67. The Bertz CT molecular complexity index is 838. The summed E-state index contributed by atoms with van der Waals surface area (Å²) in [6.45, 7) is 0. The third-order valence-electron chi connectivity index (χ3n) is 2.77. The number of hydrogen-bond donors (Lipinski definition) is 1. The molecule has 104 valence electrons. The SMILES string of the molecule is Fc1ccccc1-c1n[nH]c(=S)n1N=Cc1cccnc1. The number of benzene rings is 1. The lowest BCUT2D eigenvalue weighted by molar-refractivity contribution is 0.628. The van der Waals surface area contributed by atoms with Gasteiger partial charge in [0, 0.05) is 18.0 Å². The number of nitrogens with one attached hydrogen (secondary N) is 1. The van der Waals surface area contributed by atoms with Crippen molar-refractivity contribution in [2.75, 3.05) is 0 Å². The maximum absolute atomic E-state index is 13.9. The molecule has 0 radical (unpaired) electrons. The summed E-state index contributed by atoms with van der Waals surface area (Å²) in [6.07, 6.45) is 4.92. The molecule has 21 heavy (non-hydrogen) atoms. The predicted octanol–water partition coefficient (Wildman–Crippen LogP) is 3.02. The summed E-state index contributed by atoms with van der Waals surface area (Å²) >= 11 is 5.12. The summed E-state index contributed by atoms with van der Waals surface area (Å²) in [5.74, 6) is -0.0671. The molecule has 0 amide bonds. The Balaban J connectivity index is 2.05. The Morgan fingerprint density at radius 2 is 2.10 bits per heavy atom. The van der Waals surface area contributed by atoms with E-state index in [9.17, 15) is 4.39 Å². The number of H-pyrrole nitrogens is 1. The van der Waals surface area contributed by atoms with E-state index in [1.807, 2.05) is 6.07 Å². The average Bonchev–Trinajstić information content (AvgIpc) is 2.88. The van der Waals surface area contributed by atoms with Crippen molar-refractivity contribution in [2.24, 2.45) is 5.10 Å². The summed E-state index contributed by atoms with van der Waals surface area (Å²) in [6, 6.07) is 9.98. The van der Waals surface area contributed by atoms with Crippen molar-refractivity contribution in [1.29, 1.82) is 0 Å². The van der Waals surface area contributed by atoms with Gasteiger partial charge in [0.15, 0.2) is 5.82 Å².